The standard InChI is InChI=1S/C40H51N3O7/c1-7-9-20-31(45)41(6)28(5)35(29-18-11-10-12-19-29)49-39(48)32-30-21-22-40(50-30)33(32)37(46)43(24-13-14-25-44)36(40)38(47)42(23-8-2)34-26(3)16-15-17-27(34)4/h7-8,10-12,15-19,28,30,32-33,35-36,44H,1-2,9,13-14,20-25H2,3-6H3/t28-,30+,32-,33-,35+,36+,40-/m1/s1. The number of likely N-dealkylation sites (N-methyl/N-ethyl adjacent to an activating group) is 1. The van der Waals surface area contributed by atoms with Gasteiger partial charge in [0.2, 0.25) is 11.8 Å². The number of likely N-dealkylation sites (tertiary alicyclic amines) is 1. The molecule has 3 aliphatic heterocycles. The van der Waals surface area contributed by atoms with Crippen LogP contribution in [0.1, 0.15) is 68.2 Å². The van der Waals surface area contributed by atoms with Crippen LogP contribution in [0.5, 0.6) is 0 Å². The van der Waals surface area contributed by atoms with E-state index < -0.39 is 47.7 Å². The van der Waals surface area contributed by atoms with E-state index in [2.05, 4.69) is 13.2 Å². The second kappa shape index (κ2) is 15.7. The molecule has 0 aromatic heterocycles. The smallest absolute Gasteiger partial charge is 0.313 e. The number of para-hydroxylation sites is 1. The molecule has 0 radical (unpaired) electrons. The number of hydrogen-bond donors (Lipinski definition) is 1. The molecule has 1 spiro atoms. The zero-order chi connectivity index (χ0) is 36.2. The number of carbonyl (C=O) groups is 4. The molecule has 3 amide bonds. The summed E-state index contributed by atoms with van der Waals surface area (Å²) in [6.07, 6.45) is 4.65. The molecule has 2 aromatic carbocycles. The number of aliphatic hydroxyl groups is 1. The molecule has 7 atom stereocenters. The number of fused-ring (bicyclic) bond motifs is 1. The molecular formula is C40H51N3O7. The fourth-order valence-electron chi connectivity index (χ4n) is 8.26. The van der Waals surface area contributed by atoms with Crippen molar-refractivity contribution in [3.8, 4) is 0 Å². The fraction of sp³-hybridized carbons (Fsp3) is 0.500. The molecule has 0 unspecified atom stereocenters. The van der Waals surface area contributed by atoms with E-state index in [0.29, 0.717) is 32.1 Å². The Morgan fingerprint density at radius 2 is 1.78 bits per heavy atom. The predicted molar refractivity (Wildman–Crippen MR) is 191 cm³/mol. The topological polar surface area (TPSA) is 117 Å². The summed E-state index contributed by atoms with van der Waals surface area (Å²) in [7, 11) is 1.70. The minimum Gasteiger partial charge on any atom is -0.455 e. The van der Waals surface area contributed by atoms with E-state index in [1.807, 2.05) is 69.3 Å². The third-order valence-corrected chi connectivity index (χ3v) is 10.8. The number of hydrogen-bond acceptors (Lipinski definition) is 7. The first-order valence-corrected chi connectivity index (χ1v) is 17.7. The number of allylic oxidation sites excluding steroid dienone is 1. The minimum absolute atomic E-state index is 0.0443. The lowest BCUT2D eigenvalue weighted by Crippen LogP contribution is -2.56. The summed E-state index contributed by atoms with van der Waals surface area (Å²) in [5.74, 6) is -3.13. The Morgan fingerprint density at radius 3 is 2.42 bits per heavy atom. The number of anilines is 1. The van der Waals surface area contributed by atoms with E-state index >= 15 is 0 Å². The van der Waals surface area contributed by atoms with Gasteiger partial charge in [0.25, 0.3) is 5.91 Å². The molecule has 3 saturated heterocycles. The van der Waals surface area contributed by atoms with Crippen LogP contribution in [-0.2, 0) is 28.7 Å². The Kier molecular flexibility index (Phi) is 11.6. The van der Waals surface area contributed by atoms with E-state index in [-0.39, 0.29) is 43.8 Å². The fourth-order valence-corrected chi connectivity index (χ4v) is 8.26. The van der Waals surface area contributed by atoms with E-state index in [9.17, 15) is 24.3 Å². The molecule has 2 bridgehead atoms. The van der Waals surface area contributed by atoms with Crippen molar-refractivity contribution < 1.29 is 33.8 Å². The summed E-state index contributed by atoms with van der Waals surface area (Å²) in [5.41, 5.74) is 2.09. The van der Waals surface area contributed by atoms with Gasteiger partial charge in [0.15, 0.2) is 0 Å². The number of aryl methyl sites for hydroxylation is 2. The van der Waals surface area contributed by atoms with E-state index in [0.717, 1.165) is 22.4 Å². The van der Waals surface area contributed by atoms with Gasteiger partial charge in [-0.1, -0.05) is 60.7 Å². The first-order valence-electron chi connectivity index (χ1n) is 17.7. The zero-order valence-corrected chi connectivity index (χ0v) is 29.8. The molecule has 268 valence electrons. The van der Waals surface area contributed by atoms with Crippen LogP contribution in [0.25, 0.3) is 0 Å². The van der Waals surface area contributed by atoms with Gasteiger partial charge in [-0.2, -0.15) is 0 Å². The van der Waals surface area contributed by atoms with Crippen molar-refractivity contribution in [3.63, 3.8) is 0 Å². The van der Waals surface area contributed by atoms with Crippen LogP contribution in [-0.4, -0.2) is 89.1 Å². The molecule has 10 nitrogen and oxygen atoms in total. The first-order chi connectivity index (χ1) is 24.0. The Morgan fingerprint density at radius 1 is 1.08 bits per heavy atom. The molecule has 2 aromatic rings. The largest absolute Gasteiger partial charge is 0.455 e. The summed E-state index contributed by atoms with van der Waals surface area (Å²) >= 11 is 0. The third-order valence-electron chi connectivity index (χ3n) is 10.8. The lowest BCUT2D eigenvalue weighted by molar-refractivity contribution is -0.164. The normalized spacial score (nSPS) is 24.7. The van der Waals surface area contributed by atoms with Crippen LogP contribution in [0.4, 0.5) is 5.69 Å². The van der Waals surface area contributed by atoms with Crippen LogP contribution < -0.4 is 4.90 Å². The average Bonchev–Trinajstić information content (AvgIpc) is 3.76. The lowest BCUT2D eigenvalue weighted by atomic mass is 9.70. The number of rotatable bonds is 16. The van der Waals surface area contributed by atoms with Gasteiger partial charge in [-0.3, -0.25) is 19.2 Å². The number of carbonyl (C=O) groups excluding carboxylic acids is 4. The molecular weight excluding hydrogens is 634 g/mol. The van der Waals surface area contributed by atoms with Crippen molar-refractivity contribution >= 4 is 29.4 Å². The summed E-state index contributed by atoms with van der Waals surface area (Å²) in [4.78, 5) is 61.8. The number of ether oxygens (including phenoxy) is 2. The predicted octanol–water partition coefficient (Wildman–Crippen LogP) is 5.07. The third kappa shape index (κ3) is 6.75. The van der Waals surface area contributed by atoms with E-state index in [1.165, 1.54) is 0 Å². The maximum Gasteiger partial charge on any atom is 0.313 e. The number of nitrogens with zero attached hydrogens (tertiary/aromatic N) is 3. The van der Waals surface area contributed by atoms with Gasteiger partial charge in [-0.05, 0) is 69.6 Å². The maximum absolute atomic E-state index is 14.9. The minimum atomic E-state index is -1.22. The molecule has 0 saturated carbocycles. The Hall–Kier alpha value is -4.28. The average molecular weight is 686 g/mol. The van der Waals surface area contributed by atoms with E-state index in [1.54, 1.807) is 33.9 Å². The number of benzene rings is 2. The van der Waals surface area contributed by atoms with Crippen molar-refractivity contribution in [2.24, 2.45) is 11.8 Å². The molecule has 0 aliphatic carbocycles. The quantitative estimate of drug-likeness (QED) is 0.149. The highest BCUT2D eigenvalue weighted by atomic mass is 16.6. The number of unbranched alkanes of at least 4 members (excludes halogenated alkanes) is 1. The molecule has 3 aliphatic rings. The summed E-state index contributed by atoms with van der Waals surface area (Å²) in [5, 5.41) is 9.56. The second-order valence-corrected chi connectivity index (χ2v) is 13.8. The lowest BCUT2D eigenvalue weighted by Gasteiger charge is -2.37. The van der Waals surface area contributed by atoms with Gasteiger partial charge in [-0.15, -0.1) is 13.2 Å². The van der Waals surface area contributed by atoms with Gasteiger partial charge < -0.3 is 29.3 Å². The highest BCUT2D eigenvalue weighted by Gasteiger charge is 2.75. The Balaban J connectivity index is 1.50. The van der Waals surface area contributed by atoms with Crippen molar-refractivity contribution in [1.82, 2.24) is 9.80 Å². The Labute approximate surface area is 295 Å². The zero-order valence-electron chi connectivity index (χ0n) is 29.8. The molecule has 3 fully saturated rings. The van der Waals surface area contributed by atoms with Crippen molar-refractivity contribution in [2.45, 2.75) is 89.2 Å². The van der Waals surface area contributed by atoms with Crippen LogP contribution in [0.15, 0.2) is 73.8 Å². The maximum atomic E-state index is 14.9. The van der Waals surface area contributed by atoms with Gasteiger partial charge in [0.05, 0.1) is 24.0 Å². The summed E-state index contributed by atoms with van der Waals surface area (Å²) in [6.45, 7) is 13.8. The highest BCUT2D eigenvalue weighted by molar-refractivity contribution is 6.05. The van der Waals surface area contributed by atoms with Crippen molar-refractivity contribution in [3.05, 3.63) is 90.5 Å². The molecule has 3 heterocycles. The Bertz CT molecular complexity index is 1570. The van der Waals surface area contributed by atoms with Gasteiger partial charge in [-0.25, -0.2) is 0 Å². The monoisotopic (exact) mass is 685 g/mol. The number of aliphatic hydroxyl groups excluding tert-OH is 1. The van der Waals surface area contributed by atoms with Crippen LogP contribution >= 0.6 is 0 Å². The van der Waals surface area contributed by atoms with Crippen LogP contribution in [0.3, 0.4) is 0 Å². The van der Waals surface area contributed by atoms with Crippen molar-refractivity contribution in [2.75, 3.05) is 31.6 Å². The second-order valence-electron chi connectivity index (χ2n) is 13.8. The number of esters is 1. The highest BCUT2D eigenvalue weighted by Crippen LogP contribution is 2.59. The van der Waals surface area contributed by atoms with Crippen molar-refractivity contribution in [1.29, 1.82) is 0 Å². The van der Waals surface area contributed by atoms with Gasteiger partial charge >= 0.3 is 5.97 Å². The van der Waals surface area contributed by atoms with Crippen LogP contribution in [0, 0.1) is 25.7 Å². The van der Waals surface area contributed by atoms with Gasteiger partial charge in [0.1, 0.15) is 17.7 Å². The molecule has 5 rings (SSSR count). The molecule has 10 heteroatoms. The molecule has 50 heavy (non-hydrogen) atoms. The summed E-state index contributed by atoms with van der Waals surface area (Å²) in [6, 6.07) is 13.6. The SMILES string of the molecule is C=CCCC(=O)N(C)[C@H](C)[C@H](OC(=O)[C@@H]1[C@@H]2CC[C@]3(O2)[C@H](C(=O)N(CC=C)c2c(C)cccc2C)N(CCCCO)C(=O)[C@@H]13)c1ccccc1. The first kappa shape index (κ1) is 37.0. The molecule has 1 N–H and O–H groups in total. The van der Waals surface area contributed by atoms with Gasteiger partial charge in [0, 0.05) is 38.9 Å². The van der Waals surface area contributed by atoms with E-state index in [4.69, 9.17) is 9.47 Å². The summed E-state index contributed by atoms with van der Waals surface area (Å²) < 4.78 is 13.0. The van der Waals surface area contributed by atoms with Crippen LogP contribution in [0.2, 0.25) is 0 Å². The number of amides is 3.